The Morgan fingerprint density at radius 2 is 1.81 bits per heavy atom. The third-order valence-corrected chi connectivity index (χ3v) is 12.1. The van der Waals surface area contributed by atoms with Gasteiger partial charge >= 0.3 is 0 Å². The highest BCUT2D eigenvalue weighted by Crippen LogP contribution is 2.70. The third kappa shape index (κ3) is 3.96. The molecule has 0 aromatic heterocycles. The molecule has 1 N–H and O–H groups in total. The predicted octanol–water partition coefficient (Wildman–Crippen LogP) is 6.42. The number of rotatable bonds is 7. The largest absolute Gasteiger partial charge is 0.497 e. The first-order valence-corrected chi connectivity index (χ1v) is 15.2. The van der Waals surface area contributed by atoms with E-state index in [-0.39, 0.29) is 5.41 Å². The van der Waals surface area contributed by atoms with Crippen LogP contribution in [0.5, 0.6) is 5.75 Å². The van der Waals surface area contributed by atoms with Gasteiger partial charge in [0.1, 0.15) is 5.75 Å². The molecule has 1 aromatic carbocycles. The van der Waals surface area contributed by atoms with Crippen molar-refractivity contribution in [3.8, 4) is 5.75 Å². The zero-order valence-corrected chi connectivity index (χ0v) is 22.9. The highest BCUT2D eigenvalue weighted by Gasteiger charge is 2.69. The Labute approximate surface area is 219 Å². The fraction of sp³-hybridized carbons (Fsp3) is 0.812. The van der Waals surface area contributed by atoms with Gasteiger partial charge in [-0.2, -0.15) is 0 Å². The lowest BCUT2D eigenvalue weighted by Crippen LogP contribution is -2.63. The number of methoxy groups -OCH3 is 1. The Balaban J connectivity index is 1.30. The highest BCUT2D eigenvalue weighted by molar-refractivity contribution is 5.35. The fourth-order valence-corrected chi connectivity index (χ4v) is 10.2. The molecule has 0 spiro atoms. The molecular weight excluding hydrogens is 446 g/mol. The van der Waals surface area contributed by atoms with Gasteiger partial charge in [0.25, 0.3) is 0 Å². The quantitative estimate of drug-likeness (QED) is 0.443. The first-order chi connectivity index (χ1) is 17.5. The van der Waals surface area contributed by atoms with E-state index in [4.69, 9.17) is 9.47 Å². The first kappa shape index (κ1) is 25.2. The number of aliphatic hydroxyl groups is 1. The lowest BCUT2D eigenvalue weighted by Gasteiger charge is -2.64. The van der Waals surface area contributed by atoms with E-state index in [9.17, 15) is 5.11 Å². The van der Waals surface area contributed by atoms with Crippen LogP contribution in [-0.4, -0.2) is 55.6 Å². The number of ether oxygens (including phenoxy) is 2. The molecule has 5 aliphatic rings. The molecule has 4 saturated carbocycles. The van der Waals surface area contributed by atoms with Crippen LogP contribution < -0.4 is 4.74 Å². The van der Waals surface area contributed by atoms with E-state index in [1.54, 1.807) is 7.11 Å². The maximum atomic E-state index is 12.9. The Bertz CT molecular complexity index is 914. The van der Waals surface area contributed by atoms with E-state index in [0.717, 1.165) is 44.1 Å². The molecule has 1 heterocycles. The molecule has 0 unspecified atom stereocenters. The second-order valence-electron chi connectivity index (χ2n) is 13.3. The van der Waals surface area contributed by atoms with Gasteiger partial charge in [-0.15, -0.1) is 0 Å². The Morgan fingerprint density at radius 1 is 0.944 bits per heavy atom. The molecule has 1 aromatic rings. The minimum atomic E-state index is -0.622. The normalized spacial score (nSPS) is 42.5. The first-order valence-electron chi connectivity index (χ1n) is 15.2. The van der Waals surface area contributed by atoms with Crippen LogP contribution in [0.3, 0.4) is 0 Å². The van der Waals surface area contributed by atoms with E-state index in [1.165, 1.54) is 76.4 Å². The summed E-state index contributed by atoms with van der Waals surface area (Å²) in [4.78, 5) is 2.54. The summed E-state index contributed by atoms with van der Waals surface area (Å²) < 4.78 is 12.2. The summed E-state index contributed by atoms with van der Waals surface area (Å²) in [7, 11) is 1.76. The van der Waals surface area contributed by atoms with E-state index >= 15 is 0 Å². The van der Waals surface area contributed by atoms with Gasteiger partial charge in [-0.25, -0.2) is 0 Å². The van der Waals surface area contributed by atoms with Gasteiger partial charge in [0, 0.05) is 12.0 Å². The van der Waals surface area contributed by atoms with Gasteiger partial charge in [0.15, 0.2) is 0 Å². The lowest BCUT2D eigenvalue weighted by molar-refractivity contribution is -0.220. The molecule has 1 aliphatic heterocycles. The molecule has 1 saturated heterocycles. The van der Waals surface area contributed by atoms with Gasteiger partial charge in [-0.3, -0.25) is 0 Å². The zero-order valence-electron chi connectivity index (χ0n) is 22.9. The summed E-state index contributed by atoms with van der Waals surface area (Å²) in [5.41, 5.74) is 0.948. The van der Waals surface area contributed by atoms with Gasteiger partial charge in [0.05, 0.1) is 25.9 Å². The molecule has 0 radical (unpaired) electrons. The Kier molecular flexibility index (Phi) is 6.92. The second kappa shape index (κ2) is 9.89. The smallest absolute Gasteiger partial charge is 0.119 e. The monoisotopic (exact) mass is 495 g/mol. The number of likely N-dealkylation sites (tertiary alicyclic amines) is 1. The Morgan fingerprint density at radius 3 is 2.64 bits per heavy atom. The minimum Gasteiger partial charge on any atom is -0.497 e. The van der Waals surface area contributed by atoms with Crippen molar-refractivity contribution in [1.29, 1.82) is 0 Å². The van der Waals surface area contributed by atoms with Gasteiger partial charge in [-0.1, -0.05) is 31.9 Å². The summed E-state index contributed by atoms with van der Waals surface area (Å²) in [5.74, 6) is 3.22. The minimum absolute atomic E-state index is 0.191. The van der Waals surface area contributed by atoms with E-state index in [1.807, 2.05) is 6.07 Å². The fourth-order valence-electron chi connectivity index (χ4n) is 10.2. The summed E-state index contributed by atoms with van der Waals surface area (Å²) >= 11 is 0. The van der Waals surface area contributed by atoms with E-state index in [2.05, 4.69) is 30.0 Å². The van der Waals surface area contributed by atoms with Crippen LogP contribution in [0.25, 0.3) is 0 Å². The molecule has 4 aliphatic carbocycles. The van der Waals surface area contributed by atoms with Crippen LogP contribution >= 0.6 is 0 Å². The average Bonchev–Trinajstić information content (AvgIpc) is 3.52. The van der Waals surface area contributed by atoms with Gasteiger partial charge < -0.3 is 19.5 Å². The van der Waals surface area contributed by atoms with Gasteiger partial charge in [-0.05, 0) is 124 Å². The van der Waals surface area contributed by atoms with Crippen molar-refractivity contribution < 1.29 is 14.6 Å². The number of benzene rings is 1. The summed E-state index contributed by atoms with van der Waals surface area (Å²) in [6, 6.07) is 8.68. The summed E-state index contributed by atoms with van der Waals surface area (Å²) in [6.45, 7) is 7.55. The van der Waals surface area contributed by atoms with Crippen molar-refractivity contribution in [1.82, 2.24) is 4.90 Å². The van der Waals surface area contributed by atoms with Crippen molar-refractivity contribution in [3.05, 3.63) is 29.8 Å². The van der Waals surface area contributed by atoms with Crippen LogP contribution in [0.4, 0.5) is 0 Å². The topological polar surface area (TPSA) is 41.9 Å². The van der Waals surface area contributed by atoms with Crippen LogP contribution in [0.15, 0.2) is 24.3 Å². The SMILES string of the molecule is COc1cccc([C@H]2CC[C@]3(O)[C@@H]4CC[C@@H]5CCCC[C@]5(C)[C@H]4CC[C@]23COCCN2CCCC2)c1. The maximum Gasteiger partial charge on any atom is 0.119 e. The third-order valence-electron chi connectivity index (χ3n) is 12.1. The molecule has 4 nitrogen and oxygen atoms in total. The number of fused-ring (bicyclic) bond motifs is 5. The van der Waals surface area contributed by atoms with Crippen LogP contribution in [-0.2, 0) is 4.74 Å². The molecular formula is C32H49NO3. The van der Waals surface area contributed by atoms with Crippen molar-refractivity contribution in [2.24, 2.45) is 28.6 Å². The standard InChI is InChI=1S/C32H49NO3/c1-30-15-4-3-9-25(30)11-12-29-28(30)13-16-31(23-36-21-20-33-18-5-6-19-33)27(14-17-32(29,31)34)24-8-7-10-26(22-24)35-2/h7-8,10,22,25,27-29,34H,3-6,9,11-21,23H2,1-2H3/t25-,27+,28-,29+,30-,31-,32-/m0/s1. The average molecular weight is 496 g/mol. The second-order valence-corrected chi connectivity index (χ2v) is 13.3. The lowest BCUT2D eigenvalue weighted by atomic mass is 9.43. The molecule has 200 valence electrons. The number of hydrogen-bond donors (Lipinski definition) is 1. The highest BCUT2D eigenvalue weighted by atomic mass is 16.5. The molecule has 36 heavy (non-hydrogen) atoms. The van der Waals surface area contributed by atoms with Crippen molar-refractivity contribution >= 4 is 0 Å². The summed E-state index contributed by atoms with van der Waals surface area (Å²) in [5, 5.41) is 12.9. The zero-order chi connectivity index (χ0) is 24.8. The number of nitrogens with zero attached hydrogens (tertiary/aromatic N) is 1. The predicted molar refractivity (Wildman–Crippen MR) is 144 cm³/mol. The van der Waals surface area contributed by atoms with Crippen LogP contribution in [0, 0.1) is 28.6 Å². The van der Waals surface area contributed by atoms with Crippen LogP contribution in [0.2, 0.25) is 0 Å². The molecule has 0 bridgehead atoms. The van der Waals surface area contributed by atoms with E-state index in [0.29, 0.717) is 29.8 Å². The molecule has 7 atom stereocenters. The number of hydrogen-bond acceptors (Lipinski definition) is 4. The van der Waals surface area contributed by atoms with Crippen molar-refractivity contribution in [2.75, 3.05) is 40.0 Å². The van der Waals surface area contributed by atoms with E-state index < -0.39 is 5.60 Å². The molecule has 0 amide bonds. The van der Waals surface area contributed by atoms with Crippen molar-refractivity contribution in [3.63, 3.8) is 0 Å². The molecule has 5 fully saturated rings. The molecule has 6 rings (SSSR count). The maximum absolute atomic E-state index is 12.9. The summed E-state index contributed by atoms with van der Waals surface area (Å²) in [6.07, 6.45) is 15.1. The van der Waals surface area contributed by atoms with Gasteiger partial charge in [0.2, 0.25) is 0 Å². The van der Waals surface area contributed by atoms with Crippen LogP contribution in [0.1, 0.15) is 95.5 Å². The Hall–Kier alpha value is -1.10. The molecule has 4 heteroatoms. The van der Waals surface area contributed by atoms with Crippen molar-refractivity contribution in [2.45, 2.75) is 95.5 Å².